The average Bonchev–Trinajstić information content (AvgIpc) is 2.97. The molecular formula is C14H24N6OS. The minimum absolute atomic E-state index is 0.130. The lowest BCUT2D eigenvalue weighted by molar-refractivity contribution is 0.391. The first-order valence-corrected chi connectivity index (χ1v) is 7.90. The molecule has 1 rings (SSSR count). The highest BCUT2D eigenvalue weighted by Crippen LogP contribution is 2.27. The van der Waals surface area contributed by atoms with Gasteiger partial charge in [0.1, 0.15) is 13.3 Å². The van der Waals surface area contributed by atoms with Gasteiger partial charge in [0.15, 0.2) is 0 Å². The Morgan fingerprint density at radius 3 is 3.27 bits per heavy atom. The van der Waals surface area contributed by atoms with Gasteiger partial charge in [0.2, 0.25) is 0 Å². The van der Waals surface area contributed by atoms with Gasteiger partial charge in [0.05, 0.1) is 24.6 Å². The second-order valence-corrected chi connectivity index (χ2v) is 5.78. The number of nitrogens with one attached hydrogen (secondary N) is 2. The van der Waals surface area contributed by atoms with E-state index in [0.29, 0.717) is 12.6 Å². The zero-order valence-corrected chi connectivity index (χ0v) is 13.5. The zero-order chi connectivity index (χ0) is 16.0. The Balaban J connectivity index is 2.07. The lowest BCUT2D eigenvalue weighted by Crippen LogP contribution is -2.26. The first-order chi connectivity index (χ1) is 10.8. The summed E-state index contributed by atoms with van der Waals surface area (Å²) < 4.78 is 7.32. The molecule has 0 aromatic heterocycles. The SMILES string of the molecule is C=C(/C=C\NNCN=CN)CCC1CCN(SOCC#N)C1. The predicted octanol–water partition coefficient (Wildman–Crippen LogP) is 1.30. The highest BCUT2D eigenvalue weighted by atomic mass is 32.2. The van der Waals surface area contributed by atoms with Crippen molar-refractivity contribution in [3.05, 3.63) is 24.4 Å². The van der Waals surface area contributed by atoms with Crippen molar-refractivity contribution in [2.24, 2.45) is 16.6 Å². The van der Waals surface area contributed by atoms with E-state index >= 15 is 0 Å². The van der Waals surface area contributed by atoms with E-state index < -0.39 is 0 Å². The Morgan fingerprint density at radius 1 is 1.64 bits per heavy atom. The molecule has 1 unspecified atom stereocenters. The first-order valence-electron chi connectivity index (χ1n) is 7.20. The van der Waals surface area contributed by atoms with Crippen LogP contribution in [0, 0.1) is 17.2 Å². The van der Waals surface area contributed by atoms with Gasteiger partial charge in [-0.25, -0.2) is 9.73 Å². The summed E-state index contributed by atoms with van der Waals surface area (Å²) in [6.45, 7) is 6.62. The molecule has 0 aromatic rings. The van der Waals surface area contributed by atoms with Gasteiger partial charge in [-0.3, -0.25) is 9.18 Å². The molecule has 1 fully saturated rings. The van der Waals surface area contributed by atoms with E-state index in [9.17, 15) is 0 Å². The summed E-state index contributed by atoms with van der Waals surface area (Å²) in [6.07, 6.45) is 8.27. The number of hydrogen-bond donors (Lipinski definition) is 3. The molecule has 0 spiro atoms. The lowest BCUT2D eigenvalue weighted by atomic mass is 9.99. The number of allylic oxidation sites excluding steroid dienone is 2. The van der Waals surface area contributed by atoms with E-state index in [4.69, 9.17) is 15.2 Å². The molecular weight excluding hydrogens is 300 g/mol. The van der Waals surface area contributed by atoms with Crippen molar-refractivity contribution in [1.29, 1.82) is 5.26 Å². The normalized spacial score (nSPS) is 19.0. The number of aliphatic imine (C=N–C) groups is 1. The van der Waals surface area contributed by atoms with Crippen LogP contribution < -0.4 is 16.6 Å². The molecule has 22 heavy (non-hydrogen) atoms. The third-order valence-electron chi connectivity index (χ3n) is 3.18. The molecule has 0 amide bonds. The summed E-state index contributed by atoms with van der Waals surface area (Å²) in [4.78, 5) is 3.80. The third-order valence-corrected chi connectivity index (χ3v) is 3.95. The van der Waals surface area contributed by atoms with Crippen molar-refractivity contribution >= 4 is 18.6 Å². The highest BCUT2D eigenvalue weighted by molar-refractivity contribution is 7.92. The van der Waals surface area contributed by atoms with Crippen LogP contribution in [0.4, 0.5) is 0 Å². The molecule has 0 aliphatic carbocycles. The Labute approximate surface area is 136 Å². The van der Waals surface area contributed by atoms with Crippen molar-refractivity contribution in [1.82, 2.24) is 15.2 Å². The van der Waals surface area contributed by atoms with E-state index in [1.165, 1.54) is 18.6 Å². The fourth-order valence-electron chi connectivity index (χ4n) is 2.06. The summed E-state index contributed by atoms with van der Waals surface area (Å²) >= 11 is 1.31. The van der Waals surface area contributed by atoms with Gasteiger partial charge in [-0.1, -0.05) is 12.2 Å². The van der Waals surface area contributed by atoms with Crippen LogP contribution in [0.5, 0.6) is 0 Å². The Kier molecular flexibility index (Phi) is 10.1. The number of nitrogens with two attached hydrogens (primary N) is 1. The highest BCUT2D eigenvalue weighted by Gasteiger charge is 2.23. The lowest BCUT2D eigenvalue weighted by Gasteiger charge is -2.13. The molecule has 1 atom stereocenters. The smallest absolute Gasteiger partial charge is 0.149 e. The van der Waals surface area contributed by atoms with E-state index in [2.05, 4.69) is 26.7 Å². The van der Waals surface area contributed by atoms with Crippen LogP contribution in [-0.2, 0) is 4.18 Å². The summed E-state index contributed by atoms with van der Waals surface area (Å²) in [6, 6.07) is 1.96. The van der Waals surface area contributed by atoms with Crippen LogP contribution in [-0.4, -0.2) is 37.0 Å². The minimum Gasteiger partial charge on any atom is -0.390 e. The second kappa shape index (κ2) is 12.1. The van der Waals surface area contributed by atoms with Crippen LogP contribution in [0.25, 0.3) is 0 Å². The van der Waals surface area contributed by atoms with Crippen LogP contribution in [0.1, 0.15) is 19.3 Å². The van der Waals surface area contributed by atoms with Gasteiger partial charge in [-0.15, -0.1) is 0 Å². The topological polar surface area (TPSA) is 98.7 Å². The Morgan fingerprint density at radius 2 is 2.50 bits per heavy atom. The fraction of sp³-hybridized carbons (Fsp3) is 0.571. The van der Waals surface area contributed by atoms with Crippen molar-refractivity contribution in [2.75, 3.05) is 26.4 Å². The van der Waals surface area contributed by atoms with Crippen molar-refractivity contribution in [2.45, 2.75) is 19.3 Å². The molecule has 1 saturated heterocycles. The average molecular weight is 324 g/mol. The van der Waals surface area contributed by atoms with E-state index in [-0.39, 0.29) is 6.61 Å². The van der Waals surface area contributed by atoms with Gasteiger partial charge in [-0.2, -0.15) is 5.26 Å². The maximum atomic E-state index is 8.42. The Bertz CT molecular complexity index is 420. The number of hydrogen-bond acceptors (Lipinski definition) is 7. The minimum atomic E-state index is 0.130. The zero-order valence-electron chi connectivity index (χ0n) is 12.7. The molecule has 1 aliphatic rings. The number of nitrogens with zero attached hydrogens (tertiary/aromatic N) is 3. The standard InChI is InChI=1S/C14H24N6OS/c1-13(4-7-18-19-12-17-11-16)2-3-14-5-8-20(10-14)22-21-9-6-15/h4,7,11,14,18-19H,1-3,5,8-10,12H2,(H2,16,17)/b7-4-. The molecule has 122 valence electrons. The fourth-order valence-corrected chi connectivity index (χ4v) is 2.77. The van der Waals surface area contributed by atoms with E-state index in [1.54, 1.807) is 6.20 Å². The number of hydrazine groups is 1. The molecule has 4 N–H and O–H groups in total. The van der Waals surface area contributed by atoms with Crippen molar-refractivity contribution in [3.63, 3.8) is 0 Å². The van der Waals surface area contributed by atoms with Gasteiger partial charge >= 0.3 is 0 Å². The van der Waals surface area contributed by atoms with Crippen LogP contribution in [0.2, 0.25) is 0 Å². The summed E-state index contributed by atoms with van der Waals surface area (Å²) in [5.74, 6) is 0.660. The predicted molar refractivity (Wildman–Crippen MR) is 90.2 cm³/mol. The van der Waals surface area contributed by atoms with Crippen LogP contribution in [0.3, 0.4) is 0 Å². The van der Waals surface area contributed by atoms with E-state index in [1.807, 2.05) is 12.1 Å². The molecule has 0 saturated carbocycles. The van der Waals surface area contributed by atoms with Gasteiger partial charge in [-0.05, 0) is 31.3 Å². The number of rotatable bonds is 11. The molecule has 8 heteroatoms. The molecule has 7 nitrogen and oxygen atoms in total. The number of nitriles is 1. The Hall–Kier alpha value is -1.53. The third kappa shape index (κ3) is 8.69. The van der Waals surface area contributed by atoms with E-state index in [0.717, 1.165) is 37.9 Å². The second-order valence-electron chi connectivity index (χ2n) is 4.88. The summed E-state index contributed by atoms with van der Waals surface area (Å²) in [5, 5.41) is 8.42. The van der Waals surface area contributed by atoms with Crippen LogP contribution in [0.15, 0.2) is 29.4 Å². The quantitative estimate of drug-likeness (QED) is 0.100. The van der Waals surface area contributed by atoms with Crippen LogP contribution >= 0.6 is 12.2 Å². The van der Waals surface area contributed by atoms with Crippen molar-refractivity contribution < 1.29 is 4.18 Å². The molecule has 0 bridgehead atoms. The maximum Gasteiger partial charge on any atom is 0.149 e. The maximum absolute atomic E-state index is 8.42. The molecule has 0 radical (unpaired) electrons. The molecule has 0 aromatic carbocycles. The molecule has 1 heterocycles. The monoisotopic (exact) mass is 324 g/mol. The largest absolute Gasteiger partial charge is 0.390 e. The van der Waals surface area contributed by atoms with Crippen molar-refractivity contribution in [3.8, 4) is 6.07 Å². The summed E-state index contributed by atoms with van der Waals surface area (Å²) in [7, 11) is 0. The van der Waals surface area contributed by atoms with Gasteiger partial charge in [0.25, 0.3) is 0 Å². The summed E-state index contributed by atoms with van der Waals surface area (Å²) in [5.41, 5.74) is 12.0. The first kappa shape index (κ1) is 18.5. The molecule has 1 aliphatic heterocycles. The van der Waals surface area contributed by atoms with Gasteiger partial charge in [0, 0.05) is 19.3 Å². The van der Waals surface area contributed by atoms with Gasteiger partial charge < -0.3 is 11.2 Å².